The predicted octanol–water partition coefficient (Wildman–Crippen LogP) is 8.74. The van der Waals surface area contributed by atoms with Gasteiger partial charge in [0.2, 0.25) is 5.91 Å². The molecule has 1 aromatic carbocycles. The van der Waals surface area contributed by atoms with E-state index in [1.54, 1.807) is 18.2 Å². The van der Waals surface area contributed by atoms with Crippen LogP contribution < -0.4 is 10.1 Å². The van der Waals surface area contributed by atoms with Crippen LogP contribution >= 0.6 is 7.60 Å². The molecule has 0 saturated heterocycles. The molecule has 0 saturated carbocycles. The molecule has 0 fully saturated rings. The average Bonchev–Trinajstić information content (AvgIpc) is 2.82. The highest BCUT2D eigenvalue weighted by molar-refractivity contribution is 7.50. The molecule has 0 spiro atoms. The summed E-state index contributed by atoms with van der Waals surface area (Å²) >= 11 is 0. The molecule has 3 N–H and O–H groups in total. The first kappa shape index (κ1) is 32.7. The number of nitrogens with one attached hydrogen (secondary N) is 1. The fourth-order valence-corrected chi connectivity index (χ4v) is 5.04. The van der Waals surface area contributed by atoms with Gasteiger partial charge in [-0.1, -0.05) is 116 Å². The van der Waals surface area contributed by atoms with Crippen LogP contribution in [0.15, 0.2) is 18.2 Å². The van der Waals surface area contributed by atoms with Crippen molar-refractivity contribution in [1.82, 2.24) is 0 Å². The topological polar surface area (TPSA) is 95.9 Å². The van der Waals surface area contributed by atoms with E-state index in [1.165, 1.54) is 77.0 Å². The molecule has 0 radical (unpaired) electrons. The van der Waals surface area contributed by atoms with Crippen molar-refractivity contribution in [1.29, 1.82) is 0 Å². The van der Waals surface area contributed by atoms with Crippen LogP contribution in [0.2, 0.25) is 0 Å². The number of hydrogen-bond acceptors (Lipinski definition) is 3. The number of anilines is 1. The minimum atomic E-state index is -4.24. The lowest BCUT2D eigenvalue weighted by Crippen LogP contribution is -2.13. The number of rotatable bonds is 23. The predicted molar refractivity (Wildman–Crippen MR) is 151 cm³/mol. The van der Waals surface area contributed by atoms with E-state index in [-0.39, 0.29) is 5.91 Å². The standard InChI is InChI=1S/C29H52NO5P/c1-3-5-7-8-9-10-11-12-13-14-15-16-17-18-19-20-29(31)30-28-24-27(35-23-6-4-2)22-21-26(28)25-36(32,33)34/h21-22,24H,3-20,23,25H2,1-2H3,(H,30,31)(H2,32,33,34). The zero-order valence-electron chi connectivity index (χ0n) is 22.9. The third-order valence-electron chi connectivity index (χ3n) is 6.51. The maximum atomic E-state index is 12.5. The number of ether oxygens (including phenoxy) is 1. The minimum Gasteiger partial charge on any atom is -0.494 e. The summed E-state index contributed by atoms with van der Waals surface area (Å²) in [5.74, 6) is 0.475. The Kier molecular flexibility index (Phi) is 18.8. The number of benzene rings is 1. The summed E-state index contributed by atoms with van der Waals surface area (Å²) in [6.07, 6.45) is 21.1. The van der Waals surface area contributed by atoms with Crippen LogP contribution in [0.25, 0.3) is 0 Å². The third-order valence-corrected chi connectivity index (χ3v) is 7.26. The van der Waals surface area contributed by atoms with Crippen LogP contribution in [0.5, 0.6) is 5.75 Å². The van der Waals surface area contributed by atoms with Gasteiger partial charge in [0.15, 0.2) is 0 Å². The van der Waals surface area contributed by atoms with E-state index in [0.717, 1.165) is 32.1 Å². The van der Waals surface area contributed by atoms with E-state index in [2.05, 4.69) is 19.2 Å². The van der Waals surface area contributed by atoms with E-state index >= 15 is 0 Å². The molecule has 0 atom stereocenters. The summed E-state index contributed by atoms with van der Waals surface area (Å²) in [6.45, 7) is 4.91. The van der Waals surface area contributed by atoms with Crippen molar-refractivity contribution in [2.24, 2.45) is 0 Å². The Morgan fingerprint density at radius 1 is 0.778 bits per heavy atom. The van der Waals surface area contributed by atoms with Gasteiger partial charge >= 0.3 is 7.60 Å². The van der Waals surface area contributed by atoms with E-state index < -0.39 is 13.8 Å². The lowest BCUT2D eigenvalue weighted by molar-refractivity contribution is -0.116. The molecule has 7 heteroatoms. The van der Waals surface area contributed by atoms with Gasteiger partial charge in [0, 0.05) is 18.2 Å². The Labute approximate surface area is 220 Å². The first-order chi connectivity index (χ1) is 17.4. The summed E-state index contributed by atoms with van der Waals surface area (Å²) in [5, 5.41) is 2.85. The summed E-state index contributed by atoms with van der Waals surface area (Å²) in [7, 11) is -4.24. The summed E-state index contributed by atoms with van der Waals surface area (Å²) in [5.41, 5.74) is 0.856. The lowest BCUT2D eigenvalue weighted by atomic mass is 10.0. The maximum absolute atomic E-state index is 12.5. The Hall–Kier alpha value is -1.36. The molecule has 0 unspecified atom stereocenters. The van der Waals surface area contributed by atoms with Gasteiger partial charge in [-0.25, -0.2) is 0 Å². The minimum absolute atomic E-state index is 0.123. The normalized spacial score (nSPS) is 11.6. The highest BCUT2D eigenvalue weighted by atomic mass is 31.2. The Bertz CT molecular complexity index is 749. The first-order valence-corrected chi connectivity index (χ1v) is 16.3. The second kappa shape index (κ2) is 20.7. The van der Waals surface area contributed by atoms with Crippen molar-refractivity contribution in [3.63, 3.8) is 0 Å². The van der Waals surface area contributed by atoms with Gasteiger partial charge in [0.25, 0.3) is 0 Å². The van der Waals surface area contributed by atoms with Crippen LogP contribution in [0.4, 0.5) is 5.69 Å². The number of unbranched alkanes of at least 4 members (excludes halogenated alkanes) is 15. The molecule has 0 bridgehead atoms. The zero-order valence-corrected chi connectivity index (χ0v) is 23.8. The molecule has 0 heterocycles. The van der Waals surface area contributed by atoms with E-state index in [1.807, 2.05) is 0 Å². The van der Waals surface area contributed by atoms with Gasteiger partial charge in [0.1, 0.15) is 5.75 Å². The van der Waals surface area contributed by atoms with Gasteiger partial charge in [-0.05, 0) is 24.5 Å². The second-order valence-corrected chi connectivity index (χ2v) is 11.7. The molecule has 0 aliphatic carbocycles. The monoisotopic (exact) mass is 525 g/mol. The van der Waals surface area contributed by atoms with Crippen LogP contribution in [0.3, 0.4) is 0 Å². The van der Waals surface area contributed by atoms with Crippen LogP contribution in [-0.4, -0.2) is 22.3 Å². The molecule has 1 rings (SSSR count). The third kappa shape index (κ3) is 18.0. The van der Waals surface area contributed by atoms with Crippen molar-refractivity contribution in [2.45, 2.75) is 136 Å². The highest BCUT2D eigenvalue weighted by Crippen LogP contribution is 2.41. The molecule has 0 aromatic heterocycles. The average molecular weight is 526 g/mol. The Balaban J connectivity index is 2.21. The number of carbonyl (C=O) groups is 1. The molecule has 0 aliphatic rings. The first-order valence-electron chi connectivity index (χ1n) is 14.5. The number of hydrogen-bond donors (Lipinski definition) is 3. The highest BCUT2D eigenvalue weighted by Gasteiger charge is 2.18. The van der Waals surface area contributed by atoms with Gasteiger partial charge in [-0.3, -0.25) is 9.36 Å². The van der Waals surface area contributed by atoms with Crippen molar-refractivity contribution in [2.75, 3.05) is 11.9 Å². The molecule has 208 valence electrons. The zero-order chi connectivity index (χ0) is 26.5. The van der Waals surface area contributed by atoms with Crippen molar-refractivity contribution >= 4 is 19.2 Å². The largest absolute Gasteiger partial charge is 0.494 e. The quantitative estimate of drug-likeness (QED) is 0.0980. The second-order valence-electron chi connectivity index (χ2n) is 10.1. The number of carbonyl (C=O) groups excluding carboxylic acids is 1. The fourth-order valence-electron chi connectivity index (χ4n) is 4.33. The van der Waals surface area contributed by atoms with Gasteiger partial charge in [-0.2, -0.15) is 0 Å². The fraction of sp³-hybridized carbons (Fsp3) is 0.759. The van der Waals surface area contributed by atoms with Gasteiger partial charge < -0.3 is 19.8 Å². The molecular formula is C29H52NO5P. The number of amides is 1. The Morgan fingerprint density at radius 3 is 1.78 bits per heavy atom. The maximum Gasteiger partial charge on any atom is 0.329 e. The van der Waals surface area contributed by atoms with Crippen molar-refractivity contribution in [3.05, 3.63) is 23.8 Å². The summed E-state index contributed by atoms with van der Waals surface area (Å²) in [4.78, 5) is 31.3. The molecular weight excluding hydrogens is 473 g/mol. The van der Waals surface area contributed by atoms with E-state index in [0.29, 0.717) is 30.0 Å². The molecule has 36 heavy (non-hydrogen) atoms. The summed E-state index contributed by atoms with van der Waals surface area (Å²) < 4.78 is 17.2. The van der Waals surface area contributed by atoms with E-state index in [4.69, 9.17) is 4.74 Å². The molecule has 6 nitrogen and oxygen atoms in total. The Morgan fingerprint density at radius 2 is 1.28 bits per heavy atom. The SMILES string of the molecule is CCCCCCCCCCCCCCCCCC(=O)Nc1cc(OCCCC)ccc1CP(=O)(O)O. The van der Waals surface area contributed by atoms with Crippen LogP contribution in [0, 0.1) is 0 Å². The van der Waals surface area contributed by atoms with Gasteiger partial charge in [0.05, 0.1) is 12.8 Å². The van der Waals surface area contributed by atoms with Crippen LogP contribution in [-0.2, 0) is 15.5 Å². The van der Waals surface area contributed by atoms with Crippen molar-refractivity contribution < 1.29 is 23.9 Å². The molecule has 1 aromatic rings. The smallest absolute Gasteiger partial charge is 0.329 e. The van der Waals surface area contributed by atoms with Crippen molar-refractivity contribution in [3.8, 4) is 5.75 Å². The van der Waals surface area contributed by atoms with Gasteiger partial charge in [-0.15, -0.1) is 0 Å². The molecule has 0 aliphatic heterocycles. The molecule has 1 amide bonds. The van der Waals surface area contributed by atoms with E-state index in [9.17, 15) is 19.1 Å². The summed E-state index contributed by atoms with van der Waals surface area (Å²) in [6, 6.07) is 5.00. The lowest BCUT2D eigenvalue weighted by Gasteiger charge is -2.14. The van der Waals surface area contributed by atoms with Crippen LogP contribution in [0.1, 0.15) is 135 Å².